The van der Waals surface area contributed by atoms with Crippen molar-refractivity contribution in [2.24, 2.45) is 11.8 Å². The number of rotatable bonds is 5. The van der Waals surface area contributed by atoms with E-state index >= 15 is 0 Å². The largest absolute Gasteiger partial charge is 0.381 e. The molecule has 2 N–H and O–H groups in total. The van der Waals surface area contributed by atoms with Gasteiger partial charge in [0.1, 0.15) is 0 Å². The van der Waals surface area contributed by atoms with Gasteiger partial charge in [-0.25, -0.2) is 4.79 Å². The lowest BCUT2D eigenvalue weighted by molar-refractivity contribution is -0.126. The quantitative estimate of drug-likeness (QED) is 0.805. The average molecular weight is 311 g/mol. The van der Waals surface area contributed by atoms with Crippen LogP contribution in [0.1, 0.15) is 39.0 Å². The second-order valence-electron chi connectivity index (χ2n) is 6.32. The zero-order chi connectivity index (χ0) is 15.9. The number of nitrogens with zero attached hydrogens (tertiary/aromatic N) is 1. The van der Waals surface area contributed by atoms with E-state index in [1.807, 2.05) is 11.8 Å². The lowest BCUT2D eigenvalue weighted by atomic mass is 9.84. The zero-order valence-electron chi connectivity index (χ0n) is 13.8. The molecule has 0 aromatic heterocycles. The molecule has 0 aromatic rings. The molecule has 1 heterocycles. The minimum absolute atomic E-state index is 0.0280. The van der Waals surface area contributed by atoms with Gasteiger partial charge in [-0.1, -0.05) is 12.8 Å². The molecule has 1 saturated carbocycles. The Labute approximate surface area is 132 Å². The van der Waals surface area contributed by atoms with E-state index in [0.717, 1.165) is 58.4 Å². The fourth-order valence-electron chi connectivity index (χ4n) is 3.49. The summed E-state index contributed by atoms with van der Waals surface area (Å²) in [5.74, 6) is 0.386. The second-order valence-corrected chi connectivity index (χ2v) is 6.32. The molecule has 2 aliphatic rings. The van der Waals surface area contributed by atoms with Crippen molar-refractivity contribution in [3.63, 3.8) is 0 Å². The van der Waals surface area contributed by atoms with Gasteiger partial charge in [-0.15, -0.1) is 0 Å². The highest BCUT2D eigenvalue weighted by molar-refractivity contribution is 5.81. The molecular weight excluding hydrogens is 282 g/mol. The Morgan fingerprint density at radius 3 is 2.73 bits per heavy atom. The summed E-state index contributed by atoms with van der Waals surface area (Å²) < 4.78 is 5.45. The van der Waals surface area contributed by atoms with Crippen molar-refractivity contribution in [1.29, 1.82) is 0 Å². The SMILES string of the molecule is CCOC[C@@H]1CCN(C(=O)N[C@H]2CCCC[C@@H]2C(=O)NC)C1. The first-order valence-corrected chi connectivity index (χ1v) is 8.50. The van der Waals surface area contributed by atoms with Gasteiger partial charge in [0, 0.05) is 38.7 Å². The van der Waals surface area contributed by atoms with E-state index < -0.39 is 0 Å². The number of ether oxygens (including phenoxy) is 1. The number of hydrogen-bond donors (Lipinski definition) is 2. The molecule has 1 aliphatic carbocycles. The molecule has 1 aliphatic heterocycles. The second kappa shape index (κ2) is 8.36. The van der Waals surface area contributed by atoms with E-state index in [2.05, 4.69) is 10.6 Å². The Bertz CT molecular complexity index is 389. The van der Waals surface area contributed by atoms with Crippen LogP contribution < -0.4 is 10.6 Å². The Morgan fingerprint density at radius 2 is 2.00 bits per heavy atom. The fraction of sp³-hybridized carbons (Fsp3) is 0.875. The lowest BCUT2D eigenvalue weighted by Crippen LogP contribution is -2.51. The fourth-order valence-corrected chi connectivity index (χ4v) is 3.49. The maximum Gasteiger partial charge on any atom is 0.317 e. The van der Waals surface area contributed by atoms with Gasteiger partial charge in [-0.2, -0.15) is 0 Å². The molecule has 126 valence electrons. The van der Waals surface area contributed by atoms with Crippen LogP contribution in [0.25, 0.3) is 0 Å². The third-order valence-electron chi connectivity index (χ3n) is 4.79. The molecule has 0 aromatic carbocycles. The van der Waals surface area contributed by atoms with E-state index in [9.17, 15) is 9.59 Å². The Hall–Kier alpha value is -1.30. The lowest BCUT2D eigenvalue weighted by Gasteiger charge is -2.32. The normalized spacial score (nSPS) is 28.5. The molecule has 0 spiro atoms. The summed E-state index contributed by atoms with van der Waals surface area (Å²) in [6.07, 6.45) is 4.88. The van der Waals surface area contributed by atoms with Crippen LogP contribution in [-0.2, 0) is 9.53 Å². The van der Waals surface area contributed by atoms with Crippen LogP contribution in [0, 0.1) is 11.8 Å². The topological polar surface area (TPSA) is 70.7 Å². The van der Waals surface area contributed by atoms with Crippen molar-refractivity contribution in [2.45, 2.75) is 45.1 Å². The predicted molar refractivity (Wildman–Crippen MR) is 84.5 cm³/mol. The number of urea groups is 1. The first-order chi connectivity index (χ1) is 10.7. The van der Waals surface area contributed by atoms with E-state index in [1.165, 1.54) is 0 Å². The van der Waals surface area contributed by atoms with E-state index in [0.29, 0.717) is 5.92 Å². The van der Waals surface area contributed by atoms with Crippen molar-refractivity contribution < 1.29 is 14.3 Å². The van der Waals surface area contributed by atoms with Gasteiger partial charge in [-0.05, 0) is 26.2 Å². The van der Waals surface area contributed by atoms with E-state index in [1.54, 1.807) is 7.05 Å². The van der Waals surface area contributed by atoms with E-state index in [-0.39, 0.29) is 23.9 Å². The standard InChI is InChI=1S/C16H29N3O3/c1-3-22-11-12-8-9-19(10-12)16(21)18-14-7-5-4-6-13(14)15(20)17-2/h12-14H,3-11H2,1-2H3,(H,17,20)(H,18,21)/t12-,13+,14+/m1/s1. The third kappa shape index (κ3) is 4.35. The van der Waals surface area contributed by atoms with Crippen LogP contribution in [0.2, 0.25) is 0 Å². The monoisotopic (exact) mass is 311 g/mol. The maximum absolute atomic E-state index is 12.4. The van der Waals surface area contributed by atoms with Crippen LogP contribution in [0.3, 0.4) is 0 Å². The number of carbonyl (C=O) groups is 2. The molecule has 2 rings (SSSR count). The highest BCUT2D eigenvalue weighted by Gasteiger charge is 2.34. The van der Waals surface area contributed by atoms with Crippen LogP contribution >= 0.6 is 0 Å². The average Bonchev–Trinajstić information content (AvgIpc) is 3.01. The van der Waals surface area contributed by atoms with Crippen LogP contribution in [-0.4, -0.2) is 56.2 Å². The summed E-state index contributed by atoms with van der Waals surface area (Å²) in [6.45, 7) is 4.97. The molecule has 0 bridgehead atoms. The highest BCUT2D eigenvalue weighted by Crippen LogP contribution is 2.25. The van der Waals surface area contributed by atoms with Crippen LogP contribution in [0.5, 0.6) is 0 Å². The summed E-state index contributed by atoms with van der Waals surface area (Å²) in [7, 11) is 1.66. The number of likely N-dealkylation sites (tertiary alicyclic amines) is 1. The summed E-state index contributed by atoms with van der Waals surface area (Å²) in [5.41, 5.74) is 0. The van der Waals surface area contributed by atoms with Crippen molar-refractivity contribution in [3.05, 3.63) is 0 Å². The summed E-state index contributed by atoms with van der Waals surface area (Å²) >= 11 is 0. The molecule has 2 fully saturated rings. The predicted octanol–water partition coefficient (Wildman–Crippen LogP) is 1.36. The maximum atomic E-state index is 12.4. The van der Waals surface area contributed by atoms with E-state index in [4.69, 9.17) is 4.74 Å². The van der Waals surface area contributed by atoms with Crippen molar-refractivity contribution >= 4 is 11.9 Å². The summed E-state index contributed by atoms with van der Waals surface area (Å²) in [4.78, 5) is 26.2. The number of carbonyl (C=O) groups excluding carboxylic acids is 2. The van der Waals surface area contributed by atoms with Crippen molar-refractivity contribution in [2.75, 3.05) is 33.4 Å². The van der Waals surface area contributed by atoms with Gasteiger partial charge >= 0.3 is 6.03 Å². The first kappa shape index (κ1) is 17.1. The minimum Gasteiger partial charge on any atom is -0.381 e. The Morgan fingerprint density at radius 1 is 1.23 bits per heavy atom. The summed E-state index contributed by atoms with van der Waals surface area (Å²) in [6, 6.07) is -0.0630. The first-order valence-electron chi connectivity index (χ1n) is 8.50. The van der Waals surface area contributed by atoms with Gasteiger partial charge < -0.3 is 20.3 Å². The highest BCUT2D eigenvalue weighted by atomic mass is 16.5. The molecule has 6 nitrogen and oxygen atoms in total. The van der Waals surface area contributed by atoms with Gasteiger partial charge in [0.25, 0.3) is 0 Å². The van der Waals surface area contributed by atoms with Gasteiger partial charge in [0.05, 0.1) is 12.5 Å². The van der Waals surface area contributed by atoms with Crippen molar-refractivity contribution in [3.8, 4) is 0 Å². The van der Waals surface area contributed by atoms with Crippen LogP contribution in [0.4, 0.5) is 4.79 Å². The number of amides is 3. The van der Waals surface area contributed by atoms with Gasteiger partial charge in [-0.3, -0.25) is 4.79 Å². The molecule has 1 saturated heterocycles. The molecule has 3 atom stereocenters. The number of nitrogens with one attached hydrogen (secondary N) is 2. The molecule has 0 radical (unpaired) electrons. The minimum atomic E-state index is -0.0930. The third-order valence-corrected chi connectivity index (χ3v) is 4.79. The molecule has 6 heteroatoms. The smallest absolute Gasteiger partial charge is 0.317 e. The molecular formula is C16H29N3O3. The van der Waals surface area contributed by atoms with Crippen LogP contribution in [0.15, 0.2) is 0 Å². The van der Waals surface area contributed by atoms with Crippen molar-refractivity contribution in [1.82, 2.24) is 15.5 Å². The Balaban J connectivity index is 1.84. The van der Waals surface area contributed by atoms with Gasteiger partial charge in [0.15, 0.2) is 0 Å². The molecule has 3 amide bonds. The zero-order valence-corrected chi connectivity index (χ0v) is 13.8. The number of hydrogen-bond acceptors (Lipinski definition) is 3. The van der Waals surface area contributed by atoms with Gasteiger partial charge in [0.2, 0.25) is 5.91 Å². The Kier molecular flexibility index (Phi) is 6.49. The summed E-state index contributed by atoms with van der Waals surface area (Å²) in [5, 5.41) is 5.81. The molecule has 0 unspecified atom stereocenters. The molecule has 22 heavy (non-hydrogen) atoms.